The standard InChI is InChI=1S/C24H24N4O/c1-16-5-8-20(14-26-16)24(29)25-13-3-4-18-6-9-19(10-7-18)21-11-12-23-22(17(21)2)15-27-28-23/h5-12,14-15H,3-4,13H2,1-2H3,(H,25,29)(H,27,28). The molecule has 0 radical (unpaired) electrons. The summed E-state index contributed by atoms with van der Waals surface area (Å²) in [5, 5.41) is 11.3. The average molecular weight is 384 g/mol. The molecular weight excluding hydrogens is 360 g/mol. The Hall–Kier alpha value is -3.47. The van der Waals surface area contributed by atoms with Crippen LogP contribution in [0.3, 0.4) is 0 Å². The number of fused-ring (bicyclic) bond motifs is 1. The van der Waals surface area contributed by atoms with Crippen molar-refractivity contribution < 1.29 is 4.79 Å². The van der Waals surface area contributed by atoms with Gasteiger partial charge in [0.25, 0.3) is 5.91 Å². The predicted molar refractivity (Wildman–Crippen MR) is 116 cm³/mol. The molecular formula is C24H24N4O. The SMILES string of the molecule is Cc1ccc(C(=O)NCCCc2ccc(-c3ccc4[nH]ncc4c3C)cc2)cn1. The van der Waals surface area contributed by atoms with Gasteiger partial charge >= 0.3 is 0 Å². The average Bonchev–Trinajstić information content (AvgIpc) is 3.22. The third-order valence-corrected chi connectivity index (χ3v) is 5.26. The predicted octanol–water partition coefficient (Wildman–Crippen LogP) is 4.60. The number of aryl methyl sites for hydroxylation is 3. The van der Waals surface area contributed by atoms with Gasteiger partial charge in [0, 0.05) is 23.8 Å². The van der Waals surface area contributed by atoms with Crippen LogP contribution in [0.25, 0.3) is 22.0 Å². The first-order valence-corrected chi connectivity index (χ1v) is 9.84. The minimum absolute atomic E-state index is 0.0713. The van der Waals surface area contributed by atoms with Crippen molar-refractivity contribution in [3.05, 3.63) is 83.3 Å². The minimum Gasteiger partial charge on any atom is -0.352 e. The molecule has 4 rings (SSSR count). The number of carbonyl (C=O) groups excluding carboxylic acids is 1. The summed E-state index contributed by atoms with van der Waals surface area (Å²) in [6, 6.07) is 16.5. The molecule has 0 aliphatic rings. The summed E-state index contributed by atoms with van der Waals surface area (Å²) in [6.45, 7) is 4.68. The monoisotopic (exact) mass is 384 g/mol. The van der Waals surface area contributed by atoms with E-state index in [1.165, 1.54) is 22.3 Å². The molecule has 0 fully saturated rings. The smallest absolute Gasteiger partial charge is 0.252 e. The summed E-state index contributed by atoms with van der Waals surface area (Å²) in [4.78, 5) is 16.3. The molecule has 2 heterocycles. The van der Waals surface area contributed by atoms with Gasteiger partial charge in [0.2, 0.25) is 0 Å². The van der Waals surface area contributed by atoms with Gasteiger partial charge in [-0.2, -0.15) is 5.10 Å². The molecule has 2 aromatic carbocycles. The molecule has 2 aromatic heterocycles. The van der Waals surface area contributed by atoms with E-state index < -0.39 is 0 Å². The second-order valence-electron chi connectivity index (χ2n) is 7.31. The summed E-state index contributed by atoms with van der Waals surface area (Å²) < 4.78 is 0. The van der Waals surface area contributed by atoms with Crippen LogP contribution < -0.4 is 5.32 Å². The number of aromatic amines is 1. The van der Waals surface area contributed by atoms with Crippen molar-refractivity contribution in [2.24, 2.45) is 0 Å². The lowest BCUT2D eigenvalue weighted by Crippen LogP contribution is -2.24. The second-order valence-corrected chi connectivity index (χ2v) is 7.31. The highest BCUT2D eigenvalue weighted by Crippen LogP contribution is 2.29. The number of H-pyrrole nitrogens is 1. The van der Waals surface area contributed by atoms with Crippen LogP contribution in [0.2, 0.25) is 0 Å². The molecule has 5 heteroatoms. The number of pyridine rings is 1. The molecule has 4 aromatic rings. The highest BCUT2D eigenvalue weighted by Gasteiger charge is 2.08. The molecule has 0 saturated carbocycles. The van der Waals surface area contributed by atoms with E-state index in [4.69, 9.17) is 0 Å². The largest absolute Gasteiger partial charge is 0.352 e. The Morgan fingerprint density at radius 1 is 1.00 bits per heavy atom. The van der Waals surface area contributed by atoms with Gasteiger partial charge in [0.05, 0.1) is 17.3 Å². The van der Waals surface area contributed by atoms with Gasteiger partial charge < -0.3 is 5.32 Å². The normalized spacial score (nSPS) is 11.0. The highest BCUT2D eigenvalue weighted by molar-refractivity contribution is 5.93. The Bertz CT molecular complexity index is 1130. The number of aromatic nitrogens is 3. The van der Waals surface area contributed by atoms with Crippen molar-refractivity contribution in [2.75, 3.05) is 6.54 Å². The first-order chi connectivity index (χ1) is 14.1. The fourth-order valence-corrected chi connectivity index (χ4v) is 3.52. The molecule has 29 heavy (non-hydrogen) atoms. The lowest BCUT2D eigenvalue weighted by molar-refractivity contribution is 0.0953. The summed E-state index contributed by atoms with van der Waals surface area (Å²) >= 11 is 0. The topological polar surface area (TPSA) is 70.7 Å². The zero-order chi connectivity index (χ0) is 20.2. The number of rotatable bonds is 6. The van der Waals surface area contributed by atoms with Crippen molar-refractivity contribution in [2.45, 2.75) is 26.7 Å². The number of hydrogen-bond acceptors (Lipinski definition) is 3. The Morgan fingerprint density at radius 3 is 2.59 bits per heavy atom. The number of carbonyl (C=O) groups is 1. The molecule has 2 N–H and O–H groups in total. The van der Waals surface area contributed by atoms with Gasteiger partial charge in [-0.1, -0.05) is 30.3 Å². The summed E-state index contributed by atoms with van der Waals surface area (Å²) in [7, 11) is 0. The van der Waals surface area contributed by atoms with Gasteiger partial charge in [-0.05, 0) is 67.1 Å². The van der Waals surface area contributed by atoms with Crippen LogP contribution in [0.4, 0.5) is 0 Å². The molecule has 0 saturated heterocycles. The lowest BCUT2D eigenvalue weighted by Gasteiger charge is -2.09. The zero-order valence-electron chi connectivity index (χ0n) is 16.7. The fourth-order valence-electron chi connectivity index (χ4n) is 3.52. The van der Waals surface area contributed by atoms with E-state index in [9.17, 15) is 4.79 Å². The van der Waals surface area contributed by atoms with E-state index in [-0.39, 0.29) is 5.91 Å². The van der Waals surface area contributed by atoms with E-state index >= 15 is 0 Å². The van der Waals surface area contributed by atoms with Crippen LogP contribution >= 0.6 is 0 Å². The Morgan fingerprint density at radius 2 is 1.83 bits per heavy atom. The van der Waals surface area contributed by atoms with Crippen LogP contribution in [-0.2, 0) is 6.42 Å². The molecule has 0 bridgehead atoms. The highest BCUT2D eigenvalue weighted by atomic mass is 16.1. The van der Waals surface area contributed by atoms with Gasteiger partial charge in [-0.3, -0.25) is 14.9 Å². The van der Waals surface area contributed by atoms with Gasteiger partial charge in [0.1, 0.15) is 0 Å². The Balaban J connectivity index is 1.33. The summed E-state index contributed by atoms with van der Waals surface area (Å²) in [6.07, 6.45) is 5.31. The quantitative estimate of drug-likeness (QED) is 0.477. The first-order valence-electron chi connectivity index (χ1n) is 9.84. The molecule has 146 valence electrons. The van der Waals surface area contributed by atoms with Gasteiger partial charge in [-0.15, -0.1) is 0 Å². The van der Waals surface area contributed by atoms with Crippen LogP contribution in [0.15, 0.2) is 60.9 Å². The zero-order valence-corrected chi connectivity index (χ0v) is 16.7. The molecule has 1 amide bonds. The Labute approximate surface area is 170 Å². The second kappa shape index (κ2) is 8.27. The maximum absolute atomic E-state index is 12.1. The van der Waals surface area contributed by atoms with Crippen LogP contribution in [0.1, 0.15) is 33.6 Å². The van der Waals surface area contributed by atoms with E-state index in [0.29, 0.717) is 12.1 Å². The van der Waals surface area contributed by atoms with Crippen LogP contribution in [0.5, 0.6) is 0 Å². The maximum Gasteiger partial charge on any atom is 0.252 e. The summed E-state index contributed by atoms with van der Waals surface area (Å²) in [5.41, 5.74) is 7.50. The third-order valence-electron chi connectivity index (χ3n) is 5.26. The fraction of sp³-hybridized carbons (Fsp3) is 0.208. The van der Waals surface area contributed by atoms with Crippen LogP contribution in [-0.4, -0.2) is 27.6 Å². The Kier molecular flexibility index (Phi) is 5.38. The maximum atomic E-state index is 12.1. The van der Waals surface area contributed by atoms with Crippen molar-refractivity contribution in [1.82, 2.24) is 20.5 Å². The lowest BCUT2D eigenvalue weighted by atomic mass is 9.96. The van der Waals surface area contributed by atoms with E-state index in [2.05, 4.69) is 63.8 Å². The number of hydrogen-bond donors (Lipinski definition) is 2. The van der Waals surface area contributed by atoms with Gasteiger partial charge in [-0.25, -0.2) is 0 Å². The van der Waals surface area contributed by atoms with Gasteiger partial charge in [0.15, 0.2) is 0 Å². The molecule has 0 atom stereocenters. The molecule has 0 unspecified atom stereocenters. The number of amides is 1. The number of benzene rings is 2. The third kappa shape index (κ3) is 4.19. The number of nitrogens with zero attached hydrogens (tertiary/aromatic N) is 2. The van der Waals surface area contributed by atoms with E-state index in [1.54, 1.807) is 12.3 Å². The van der Waals surface area contributed by atoms with Crippen molar-refractivity contribution >= 4 is 16.8 Å². The van der Waals surface area contributed by atoms with Crippen molar-refractivity contribution in [1.29, 1.82) is 0 Å². The first kappa shape index (κ1) is 18.9. The molecule has 0 aliphatic heterocycles. The van der Waals surface area contributed by atoms with E-state index in [0.717, 1.165) is 29.4 Å². The number of nitrogens with one attached hydrogen (secondary N) is 2. The van der Waals surface area contributed by atoms with Crippen molar-refractivity contribution in [3.63, 3.8) is 0 Å². The molecule has 0 aliphatic carbocycles. The van der Waals surface area contributed by atoms with E-state index in [1.807, 2.05) is 19.2 Å². The van der Waals surface area contributed by atoms with Crippen molar-refractivity contribution in [3.8, 4) is 11.1 Å². The summed E-state index contributed by atoms with van der Waals surface area (Å²) in [5.74, 6) is -0.0713. The molecule has 5 nitrogen and oxygen atoms in total. The van der Waals surface area contributed by atoms with Crippen LogP contribution in [0, 0.1) is 13.8 Å². The molecule has 0 spiro atoms. The minimum atomic E-state index is -0.0713.